The lowest BCUT2D eigenvalue weighted by Gasteiger charge is -1.93. The molecule has 5 nitrogen and oxygen atoms in total. The van der Waals surface area contributed by atoms with E-state index in [-0.39, 0.29) is 5.38 Å². The third-order valence-electron chi connectivity index (χ3n) is 1.83. The molecule has 0 radical (unpaired) electrons. The predicted octanol–water partition coefficient (Wildman–Crippen LogP) is 1.77. The zero-order valence-electron chi connectivity index (χ0n) is 7.81. The summed E-state index contributed by atoms with van der Waals surface area (Å²) in [5, 5.41) is 3.54. The lowest BCUT2D eigenvalue weighted by atomic mass is 10.4. The topological polar surface area (TPSA) is 56.7 Å². The largest absolute Gasteiger partial charge is 0.337 e. The van der Waals surface area contributed by atoms with Gasteiger partial charge in [0.05, 0.1) is 12.5 Å². The highest BCUT2D eigenvalue weighted by molar-refractivity contribution is 6.20. The van der Waals surface area contributed by atoms with E-state index in [9.17, 15) is 0 Å². The number of imidazole rings is 1. The summed E-state index contributed by atoms with van der Waals surface area (Å²) in [5.74, 6) is 0.926. The molecule has 6 heteroatoms. The fourth-order valence-corrected chi connectivity index (χ4v) is 1.16. The van der Waals surface area contributed by atoms with Crippen LogP contribution in [-0.2, 0) is 7.05 Å². The predicted molar refractivity (Wildman–Crippen MR) is 50.8 cm³/mol. The highest BCUT2D eigenvalue weighted by Gasteiger charge is 2.14. The lowest BCUT2D eigenvalue weighted by Crippen LogP contribution is -1.91. The number of rotatable bonds is 2. The van der Waals surface area contributed by atoms with Crippen LogP contribution in [0.2, 0.25) is 0 Å². The highest BCUT2D eigenvalue weighted by atomic mass is 35.5. The average Bonchev–Trinajstić information content (AvgIpc) is 2.71. The van der Waals surface area contributed by atoms with Gasteiger partial charge in [-0.05, 0) is 6.92 Å². The maximum absolute atomic E-state index is 5.80. The molecule has 2 aromatic rings. The van der Waals surface area contributed by atoms with E-state index < -0.39 is 0 Å². The van der Waals surface area contributed by atoms with Gasteiger partial charge >= 0.3 is 0 Å². The van der Waals surface area contributed by atoms with Crippen molar-refractivity contribution in [3.8, 4) is 11.5 Å². The number of halogens is 1. The van der Waals surface area contributed by atoms with Gasteiger partial charge in [-0.1, -0.05) is 5.16 Å². The van der Waals surface area contributed by atoms with Crippen molar-refractivity contribution in [3.63, 3.8) is 0 Å². The van der Waals surface area contributed by atoms with E-state index in [1.54, 1.807) is 19.4 Å². The van der Waals surface area contributed by atoms with E-state index >= 15 is 0 Å². The van der Waals surface area contributed by atoms with E-state index in [0.29, 0.717) is 11.7 Å². The van der Waals surface area contributed by atoms with Gasteiger partial charge in [0.1, 0.15) is 11.1 Å². The van der Waals surface area contributed by atoms with Gasteiger partial charge in [-0.3, -0.25) is 0 Å². The molecule has 2 heterocycles. The molecule has 0 spiro atoms. The summed E-state index contributed by atoms with van der Waals surface area (Å²) in [7, 11) is 1.86. The van der Waals surface area contributed by atoms with Crippen molar-refractivity contribution in [2.24, 2.45) is 7.05 Å². The molecule has 1 atom stereocenters. The summed E-state index contributed by atoms with van der Waals surface area (Å²) in [4.78, 5) is 8.10. The standard InChI is InChI=1S/C8H9ClN4O/c1-5(9)8-11-7(12-14-8)6-3-10-4-13(6)2/h3-5H,1-2H3. The first-order valence-corrected chi connectivity index (χ1v) is 4.56. The molecule has 0 aliphatic rings. The van der Waals surface area contributed by atoms with Gasteiger partial charge in [0.2, 0.25) is 11.7 Å². The van der Waals surface area contributed by atoms with Crippen molar-refractivity contribution < 1.29 is 4.52 Å². The Balaban J connectivity index is 2.39. The van der Waals surface area contributed by atoms with Crippen LogP contribution < -0.4 is 0 Å². The fourth-order valence-electron chi connectivity index (χ4n) is 1.07. The van der Waals surface area contributed by atoms with Gasteiger partial charge in [0.25, 0.3) is 0 Å². The summed E-state index contributed by atoms with van der Waals surface area (Å²) in [5.41, 5.74) is 0.803. The number of alkyl halides is 1. The number of aryl methyl sites for hydroxylation is 1. The van der Waals surface area contributed by atoms with Crippen molar-refractivity contribution in [1.29, 1.82) is 0 Å². The normalized spacial score (nSPS) is 13.1. The smallest absolute Gasteiger partial charge is 0.244 e. The summed E-state index contributed by atoms with van der Waals surface area (Å²) >= 11 is 5.80. The van der Waals surface area contributed by atoms with Crippen LogP contribution in [0, 0.1) is 0 Å². The van der Waals surface area contributed by atoms with Crippen molar-refractivity contribution in [3.05, 3.63) is 18.4 Å². The second kappa shape index (κ2) is 3.42. The zero-order chi connectivity index (χ0) is 10.1. The molecular weight excluding hydrogens is 204 g/mol. The van der Waals surface area contributed by atoms with Gasteiger partial charge in [-0.25, -0.2) is 4.98 Å². The number of aromatic nitrogens is 4. The molecular formula is C8H9ClN4O. The molecule has 74 valence electrons. The third-order valence-corrected chi connectivity index (χ3v) is 2.01. The Kier molecular flexibility index (Phi) is 2.25. The van der Waals surface area contributed by atoms with Crippen LogP contribution in [-0.4, -0.2) is 19.7 Å². The maximum Gasteiger partial charge on any atom is 0.244 e. The second-order valence-corrected chi connectivity index (χ2v) is 3.62. The molecule has 0 aromatic carbocycles. The molecule has 0 bridgehead atoms. The maximum atomic E-state index is 5.80. The second-order valence-electron chi connectivity index (χ2n) is 2.96. The van der Waals surface area contributed by atoms with E-state index in [1.807, 2.05) is 11.6 Å². The molecule has 14 heavy (non-hydrogen) atoms. The summed E-state index contributed by atoms with van der Waals surface area (Å²) in [6.45, 7) is 1.78. The molecule has 0 aliphatic carbocycles. The Hall–Kier alpha value is -1.36. The van der Waals surface area contributed by atoms with Crippen LogP contribution in [0.4, 0.5) is 0 Å². The molecule has 2 rings (SSSR count). The van der Waals surface area contributed by atoms with Crippen LogP contribution in [0.3, 0.4) is 0 Å². The minimum absolute atomic E-state index is 0.274. The monoisotopic (exact) mass is 212 g/mol. The number of nitrogens with zero attached hydrogens (tertiary/aromatic N) is 4. The summed E-state index contributed by atoms with van der Waals surface area (Å²) < 4.78 is 6.78. The molecule has 2 aromatic heterocycles. The molecule has 1 unspecified atom stereocenters. The number of hydrogen-bond acceptors (Lipinski definition) is 4. The Bertz CT molecular complexity index is 434. The minimum atomic E-state index is -0.274. The van der Waals surface area contributed by atoms with Gasteiger partial charge in [0, 0.05) is 7.05 Å². The van der Waals surface area contributed by atoms with Crippen molar-refractivity contribution in [2.75, 3.05) is 0 Å². The molecule has 0 amide bonds. The average molecular weight is 213 g/mol. The number of hydrogen-bond donors (Lipinski definition) is 0. The molecule has 0 N–H and O–H groups in total. The van der Waals surface area contributed by atoms with Crippen LogP contribution in [0.15, 0.2) is 17.0 Å². The van der Waals surface area contributed by atoms with Crippen LogP contribution >= 0.6 is 11.6 Å². The van der Waals surface area contributed by atoms with Crippen LogP contribution in [0.1, 0.15) is 18.2 Å². The van der Waals surface area contributed by atoms with Gasteiger partial charge in [0.15, 0.2) is 0 Å². The molecule has 0 fully saturated rings. The third kappa shape index (κ3) is 1.50. The first-order chi connectivity index (χ1) is 6.68. The molecule has 0 aliphatic heterocycles. The Morgan fingerprint density at radius 2 is 2.36 bits per heavy atom. The van der Waals surface area contributed by atoms with Gasteiger partial charge in [-0.15, -0.1) is 11.6 Å². The highest BCUT2D eigenvalue weighted by Crippen LogP contribution is 2.20. The Labute approximate surface area is 85.7 Å². The fraction of sp³-hybridized carbons (Fsp3) is 0.375. The van der Waals surface area contributed by atoms with Crippen LogP contribution in [0.5, 0.6) is 0 Å². The zero-order valence-corrected chi connectivity index (χ0v) is 8.56. The first kappa shape index (κ1) is 9.21. The van der Waals surface area contributed by atoms with Crippen LogP contribution in [0.25, 0.3) is 11.5 Å². The Morgan fingerprint density at radius 3 is 2.86 bits per heavy atom. The van der Waals surface area contributed by atoms with E-state index in [2.05, 4.69) is 15.1 Å². The quantitative estimate of drug-likeness (QED) is 0.712. The van der Waals surface area contributed by atoms with Crippen molar-refractivity contribution in [2.45, 2.75) is 12.3 Å². The summed E-state index contributed by atoms with van der Waals surface area (Å²) in [6.07, 6.45) is 3.35. The van der Waals surface area contributed by atoms with Gasteiger partial charge in [-0.2, -0.15) is 4.98 Å². The van der Waals surface area contributed by atoms with Gasteiger partial charge < -0.3 is 9.09 Å². The van der Waals surface area contributed by atoms with Crippen molar-refractivity contribution >= 4 is 11.6 Å². The van der Waals surface area contributed by atoms with Crippen molar-refractivity contribution in [1.82, 2.24) is 19.7 Å². The summed E-state index contributed by atoms with van der Waals surface area (Å²) in [6, 6.07) is 0. The molecule has 0 saturated heterocycles. The SMILES string of the molecule is CC(Cl)c1nc(-c2cncn2C)no1. The van der Waals surface area contributed by atoms with E-state index in [4.69, 9.17) is 16.1 Å². The minimum Gasteiger partial charge on any atom is -0.337 e. The van der Waals surface area contributed by atoms with E-state index in [0.717, 1.165) is 5.69 Å². The van der Waals surface area contributed by atoms with E-state index in [1.165, 1.54) is 0 Å². The lowest BCUT2D eigenvalue weighted by molar-refractivity contribution is 0.379. The molecule has 0 saturated carbocycles. The Morgan fingerprint density at radius 1 is 1.57 bits per heavy atom. The first-order valence-electron chi connectivity index (χ1n) is 4.13.